The Labute approximate surface area is 190 Å². The lowest BCUT2D eigenvalue weighted by Crippen LogP contribution is -2.11. The van der Waals surface area contributed by atoms with Crippen molar-refractivity contribution in [2.45, 2.75) is 0 Å². The molecule has 0 fully saturated rings. The van der Waals surface area contributed by atoms with Gasteiger partial charge in [-0.1, -0.05) is 42.5 Å². The van der Waals surface area contributed by atoms with Crippen LogP contribution in [0.5, 0.6) is 11.6 Å². The Morgan fingerprint density at radius 3 is 2.30 bits per heavy atom. The van der Waals surface area contributed by atoms with E-state index in [4.69, 9.17) is 4.74 Å². The Morgan fingerprint density at radius 2 is 1.58 bits per heavy atom. The van der Waals surface area contributed by atoms with Gasteiger partial charge in [0.25, 0.3) is 5.91 Å². The molecule has 0 aliphatic rings. The van der Waals surface area contributed by atoms with Crippen LogP contribution < -0.4 is 10.1 Å². The predicted molar refractivity (Wildman–Crippen MR) is 126 cm³/mol. The summed E-state index contributed by atoms with van der Waals surface area (Å²) >= 11 is 0. The molecule has 0 saturated carbocycles. The van der Waals surface area contributed by atoms with Crippen LogP contribution in [0, 0.1) is 0 Å². The lowest BCUT2D eigenvalue weighted by molar-refractivity contribution is 0.102. The molecule has 0 aliphatic heterocycles. The van der Waals surface area contributed by atoms with Crippen molar-refractivity contribution in [1.29, 1.82) is 0 Å². The third kappa shape index (κ3) is 4.77. The number of nitrogens with one attached hydrogen (secondary N) is 1. The molecule has 1 amide bonds. The molecule has 33 heavy (non-hydrogen) atoms. The summed E-state index contributed by atoms with van der Waals surface area (Å²) in [5, 5.41) is 7.05. The molecule has 160 valence electrons. The van der Waals surface area contributed by atoms with Crippen molar-refractivity contribution in [2.24, 2.45) is 0 Å². The monoisotopic (exact) mass is 433 g/mol. The van der Waals surface area contributed by atoms with E-state index >= 15 is 0 Å². The predicted octanol–water partition coefficient (Wildman–Crippen LogP) is 5.37. The van der Waals surface area contributed by atoms with Crippen LogP contribution in [0.3, 0.4) is 0 Å². The minimum absolute atomic E-state index is 0.178. The minimum Gasteiger partial charge on any atom is -0.439 e. The van der Waals surface area contributed by atoms with Gasteiger partial charge < -0.3 is 10.1 Å². The van der Waals surface area contributed by atoms with Gasteiger partial charge in [0.1, 0.15) is 12.1 Å². The van der Waals surface area contributed by atoms with Gasteiger partial charge in [0, 0.05) is 29.7 Å². The smallest absolute Gasteiger partial charge is 0.255 e. The van der Waals surface area contributed by atoms with E-state index in [1.54, 1.807) is 47.4 Å². The first-order chi connectivity index (χ1) is 16.2. The molecule has 0 bridgehead atoms. The third-order valence-corrected chi connectivity index (χ3v) is 4.96. The van der Waals surface area contributed by atoms with E-state index in [9.17, 15) is 4.79 Å². The molecule has 0 saturated heterocycles. The van der Waals surface area contributed by atoms with E-state index in [0.29, 0.717) is 28.7 Å². The summed E-state index contributed by atoms with van der Waals surface area (Å²) in [5.74, 6) is 1.41. The molecule has 0 spiro atoms. The molecule has 3 aromatic carbocycles. The van der Waals surface area contributed by atoms with E-state index in [2.05, 4.69) is 20.4 Å². The van der Waals surface area contributed by atoms with E-state index in [0.717, 1.165) is 11.1 Å². The maximum absolute atomic E-state index is 12.6. The molecule has 0 radical (unpaired) electrons. The second kappa shape index (κ2) is 9.15. The maximum Gasteiger partial charge on any atom is 0.255 e. The van der Waals surface area contributed by atoms with Gasteiger partial charge in [-0.3, -0.25) is 4.79 Å². The van der Waals surface area contributed by atoms with Crippen LogP contribution in [-0.4, -0.2) is 25.7 Å². The van der Waals surface area contributed by atoms with Gasteiger partial charge in [-0.25, -0.2) is 14.6 Å². The summed E-state index contributed by atoms with van der Waals surface area (Å²) in [6, 6.07) is 28.2. The minimum atomic E-state index is -0.178. The summed E-state index contributed by atoms with van der Waals surface area (Å²) in [4.78, 5) is 20.9. The highest BCUT2D eigenvalue weighted by Gasteiger charge is 2.08. The van der Waals surface area contributed by atoms with E-state index in [-0.39, 0.29) is 5.91 Å². The zero-order chi connectivity index (χ0) is 22.5. The van der Waals surface area contributed by atoms with Gasteiger partial charge in [0.15, 0.2) is 5.82 Å². The molecule has 2 aromatic heterocycles. The summed E-state index contributed by atoms with van der Waals surface area (Å²) < 4.78 is 7.44. The normalized spacial score (nSPS) is 10.5. The standard InChI is InChI=1S/C26H19N5O2/c32-26(21-9-7-20(8-10-21)19-5-2-1-3-6-19)30-22-11-13-23(14-12-22)33-25-17-24(27-18-28-25)31-16-4-15-29-31/h1-18H,(H,30,32). The third-order valence-electron chi connectivity index (χ3n) is 4.96. The lowest BCUT2D eigenvalue weighted by Gasteiger charge is -2.09. The number of carbonyl (C=O) groups excluding carboxylic acids is 1. The first kappa shape index (κ1) is 20.1. The van der Waals surface area contributed by atoms with Gasteiger partial charge in [0.2, 0.25) is 5.88 Å². The molecule has 7 nitrogen and oxygen atoms in total. The van der Waals surface area contributed by atoms with Gasteiger partial charge in [-0.15, -0.1) is 0 Å². The highest BCUT2D eigenvalue weighted by Crippen LogP contribution is 2.23. The fourth-order valence-electron chi connectivity index (χ4n) is 3.29. The molecule has 5 rings (SSSR count). The topological polar surface area (TPSA) is 81.9 Å². The SMILES string of the molecule is O=C(Nc1ccc(Oc2cc(-n3cccn3)ncn2)cc1)c1ccc(-c2ccccc2)cc1. The highest BCUT2D eigenvalue weighted by molar-refractivity contribution is 6.04. The van der Waals surface area contributed by atoms with Crippen LogP contribution in [-0.2, 0) is 0 Å². The maximum atomic E-state index is 12.6. The molecule has 5 aromatic rings. The first-order valence-electron chi connectivity index (χ1n) is 10.3. The van der Waals surface area contributed by atoms with Crippen LogP contribution >= 0.6 is 0 Å². The van der Waals surface area contributed by atoms with Gasteiger partial charge in [0.05, 0.1) is 0 Å². The average molecular weight is 433 g/mol. The second-order valence-corrected chi connectivity index (χ2v) is 7.19. The Morgan fingerprint density at radius 1 is 0.818 bits per heavy atom. The van der Waals surface area contributed by atoms with Gasteiger partial charge >= 0.3 is 0 Å². The van der Waals surface area contributed by atoms with Crippen LogP contribution in [0.1, 0.15) is 10.4 Å². The number of aromatic nitrogens is 4. The Kier molecular flexibility index (Phi) is 5.59. The Hall–Kier alpha value is -4.78. The first-order valence-corrected chi connectivity index (χ1v) is 10.3. The van der Waals surface area contributed by atoms with Crippen LogP contribution in [0.25, 0.3) is 16.9 Å². The number of anilines is 1. The molecule has 0 aliphatic carbocycles. The van der Waals surface area contributed by atoms with E-state index in [1.807, 2.05) is 60.7 Å². The molecular weight excluding hydrogens is 414 g/mol. The lowest BCUT2D eigenvalue weighted by atomic mass is 10.0. The van der Waals surface area contributed by atoms with Gasteiger partial charge in [-0.2, -0.15) is 5.10 Å². The Balaban J connectivity index is 1.23. The summed E-state index contributed by atoms with van der Waals surface area (Å²) in [7, 11) is 0. The van der Waals surface area contributed by atoms with Crippen molar-refractivity contribution in [3.8, 4) is 28.6 Å². The molecule has 0 unspecified atom stereocenters. The number of nitrogens with zero attached hydrogens (tertiary/aromatic N) is 4. The van der Waals surface area contributed by atoms with Crippen LogP contribution in [0.4, 0.5) is 5.69 Å². The zero-order valence-electron chi connectivity index (χ0n) is 17.5. The number of benzene rings is 3. The Bertz CT molecular complexity index is 1350. The van der Waals surface area contributed by atoms with E-state index < -0.39 is 0 Å². The molecule has 2 heterocycles. The molecule has 1 N–H and O–H groups in total. The number of carbonyl (C=O) groups is 1. The summed E-state index contributed by atoms with van der Waals surface area (Å²) in [5.41, 5.74) is 3.43. The number of hydrogen-bond acceptors (Lipinski definition) is 5. The van der Waals surface area contributed by atoms with Gasteiger partial charge in [-0.05, 0) is 53.6 Å². The van der Waals surface area contributed by atoms with Crippen molar-refractivity contribution in [3.63, 3.8) is 0 Å². The van der Waals surface area contributed by atoms with Crippen molar-refractivity contribution in [2.75, 3.05) is 5.32 Å². The van der Waals surface area contributed by atoms with Crippen LogP contribution in [0.2, 0.25) is 0 Å². The second-order valence-electron chi connectivity index (χ2n) is 7.19. The number of hydrogen-bond donors (Lipinski definition) is 1. The molecule has 7 heteroatoms. The largest absolute Gasteiger partial charge is 0.439 e. The quantitative estimate of drug-likeness (QED) is 0.389. The van der Waals surface area contributed by atoms with Crippen molar-refractivity contribution < 1.29 is 9.53 Å². The highest BCUT2D eigenvalue weighted by atomic mass is 16.5. The fraction of sp³-hybridized carbons (Fsp3) is 0. The fourth-order valence-corrected chi connectivity index (χ4v) is 3.29. The molecule has 0 atom stereocenters. The average Bonchev–Trinajstić information content (AvgIpc) is 3.41. The van der Waals surface area contributed by atoms with Crippen molar-refractivity contribution in [1.82, 2.24) is 19.7 Å². The zero-order valence-corrected chi connectivity index (χ0v) is 17.5. The van der Waals surface area contributed by atoms with E-state index in [1.165, 1.54) is 6.33 Å². The number of amides is 1. The number of rotatable bonds is 6. The molecular formula is C26H19N5O2. The van der Waals surface area contributed by atoms with Crippen LogP contribution in [0.15, 0.2) is 110 Å². The van der Waals surface area contributed by atoms with Crippen molar-refractivity contribution >= 4 is 11.6 Å². The summed E-state index contributed by atoms with van der Waals surface area (Å²) in [6.45, 7) is 0. The number of ether oxygens (including phenoxy) is 1. The van der Waals surface area contributed by atoms with Crippen molar-refractivity contribution in [3.05, 3.63) is 115 Å². The summed E-state index contributed by atoms with van der Waals surface area (Å²) in [6.07, 6.45) is 4.89.